The Bertz CT molecular complexity index is 755. The van der Waals surface area contributed by atoms with Crippen molar-refractivity contribution in [1.82, 2.24) is 9.97 Å². The fraction of sp³-hybridized carbons (Fsp3) is 0. The molecule has 1 heterocycles. The summed E-state index contributed by atoms with van der Waals surface area (Å²) in [6.07, 6.45) is 0. The molecule has 0 amide bonds. The summed E-state index contributed by atoms with van der Waals surface area (Å²) in [7, 11) is 0. The molecule has 6 heteroatoms. The van der Waals surface area contributed by atoms with Gasteiger partial charge in [0.25, 0.3) is 0 Å². The van der Waals surface area contributed by atoms with Gasteiger partial charge >= 0.3 is 0 Å². The Kier molecular flexibility index (Phi) is 1.50. The van der Waals surface area contributed by atoms with Crippen molar-refractivity contribution in [2.75, 3.05) is 0 Å². The first-order chi connectivity index (χ1) is 7.58. The first-order valence-electron chi connectivity index (χ1n) is 4.37. The van der Waals surface area contributed by atoms with Gasteiger partial charge in [0.1, 0.15) is 22.0 Å². The Morgan fingerprint density at radius 3 is 2.25 bits per heavy atom. The molecule has 1 aromatic heterocycles. The van der Waals surface area contributed by atoms with Gasteiger partial charge in [-0.2, -0.15) is 0 Å². The van der Waals surface area contributed by atoms with Crippen molar-refractivity contribution in [1.29, 1.82) is 0 Å². The number of aliphatic hydroxyl groups excluding tert-OH is 2. The minimum absolute atomic E-state index is 0.00435. The van der Waals surface area contributed by atoms with Crippen LogP contribution in [0.2, 0.25) is 0 Å². The summed E-state index contributed by atoms with van der Waals surface area (Å²) in [5, 5.41) is 18.5. The summed E-state index contributed by atoms with van der Waals surface area (Å²) in [6, 6.07) is 1.69. The van der Waals surface area contributed by atoms with Crippen LogP contribution in [0, 0.1) is 11.6 Å². The first kappa shape index (κ1) is 9.02. The van der Waals surface area contributed by atoms with Crippen molar-refractivity contribution in [2.24, 2.45) is 0 Å². The second kappa shape index (κ2) is 2.66. The SMILES string of the molecule is OC1=c2nc3cc(F)cc(F)c3nc2=C1O. The number of aliphatic hydroxyl groups is 2. The topological polar surface area (TPSA) is 66.2 Å². The standard InChI is InChI=1S/C10H4F2N2O2/c11-3-1-4(12)6-5(2-3)13-7-8(14-6)10(16)9(7)15/h1-2,15-16H. The second-order valence-electron chi connectivity index (χ2n) is 3.37. The van der Waals surface area contributed by atoms with Crippen LogP contribution in [0.1, 0.15) is 0 Å². The first-order valence-corrected chi connectivity index (χ1v) is 4.37. The second-order valence-corrected chi connectivity index (χ2v) is 3.37. The lowest BCUT2D eigenvalue weighted by atomic mass is 10.2. The van der Waals surface area contributed by atoms with Gasteiger partial charge in [-0.3, -0.25) is 0 Å². The van der Waals surface area contributed by atoms with Crippen molar-refractivity contribution in [3.8, 4) is 0 Å². The summed E-state index contributed by atoms with van der Waals surface area (Å²) >= 11 is 0. The largest absolute Gasteiger partial charge is 0.503 e. The summed E-state index contributed by atoms with van der Waals surface area (Å²) in [5.74, 6) is -2.46. The lowest BCUT2D eigenvalue weighted by Gasteiger charge is -2.08. The molecule has 0 radical (unpaired) electrons. The molecule has 16 heavy (non-hydrogen) atoms. The molecule has 1 aliphatic rings. The van der Waals surface area contributed by atoms with E-state index in [-0.39, 0.29) is 21.7 Å². The third-order valence-corrected chi connectivity index (χ3v) is 2.36. The molecule has 1 aliphatic carbocycles. The van der Waals surface area contributed by atoms with Crippen LogP contribution < -0.4 is 10.7 Å². The predicted molar refractivity (Wildman–Crippen MR) is 50.8 cm³/mol. The van der Waals surface area contributed by atoms with E-state index in [0.29, 0.717) is 6.07 Å². The minimum atomic E-state index is -0.857. The van der Waals surface area contributed by atoms with Crippen LogP contribution in [-0.2, 0) is 0 Å². The Morgan fingerprint density at radius 1 is 0.938 bits per heavy atom. The highest BCUT2D eigenvalue weighted by Gasteiger charge is 2.20. The quantitative estimate of drug-likeness (QED) is 0.670. The van der Waals surface area contributed by atoms with Gasteiger partial charge in [-0.15, -0.1) is 0 Å². The lowest BCUT2D eigenvalue weighted by Crippen LogP contribution is -2.43. The number of nitrogens with zero attached hydrogens (tertiary/aromatic N) is 2. The maximum atomic E-state index is 13.3. The number of hydrogen-bond donors (Lipinski definition) is 2. The van der Waals surface area contributed by atoms with Gasteiger partial charge in [-0.25, -0.2) is 18.7 Å². The van der Waals surface area contributed by atoms with Crippen LogP contribution in [0.3, 0.4) is 0 Å². The molecular formula is C10H4F2N2O2. The number of aromatic nitrogens is 2. The molecule has 3 rings (SSSR count). The Labute approximate surface area is 86.8 Å². The molecule has 80 valence electrons. The van der Waals surface area contributed by atoms with Crippen molar-refractivity contribution < 1.29 is 19.0 Å². The molecule has 2 aromatic rings. The molecule has 0 fully saturated rings. The number of halogens is 2. The van der Waals surface area contributed by atoms with E-state index in [4.69, 9.17) is 0 Å². The molecule has 0 bridgehead atoms. The smallest absolute Gasteiger partial charge is 0.188 e. The van der Waals surface area contributed by atoms with E-state index in [1.807, 2.05) is 0 Å². The zero-order valence-corrected chi connectivity index (χ0v) is 7.70. The van der Waals surface area contributed by atoms with Crippen LogP contribution in [0.5, 0.6) is 0 Å². The van der Waals surface area contributed by atoms with Gasteiger partial charge in [0.2, 0.25) is 0 Å². The van der Waals surface area contributed by atoms with E-state index in [2.05, 4.69) is 9.97 Å². The molecule has 0 unspecified atom stereocenters. The lowest BCUT2D eigenvalue weighted by molar-refractivity contribution is 0.429. The van der Waals surface area contributed by atoms with Crippen LogP contribution in [-0.4, -0.2) is 20.2 Å². The van der Waals surface area contributed by atoms with E-state index in [0.717, 1.165) is 6.07 Å². The zero-order valence-electron chi connectivity index (χ0n) is 7.70. The third kappa shape index (κ3) is 0.955. The third-order valence-electron chi connectivity index (χ3n) is 2.36. The molecule has 0 atom stereocenters. The van der Waals surface area contributed by atoms with E-state index < -0.39 is 23.2 Å². The van der Waals surface area contributed by atoms with Gasteiger partial charge in [-0.05, 0) is 0 Å². The van der Waals surface area contributed by atoms with Crippen LogP contribution in [0.25, 0.3) is 22.6 Å². The van der Waals surface area contributed by atoms with E-state index in [1.165, 1.54) is 0 Å². The minimum Gasteiger partial charge on any atom is -0.503 e. The Hall–Kier alpha value is -2.24. The van der Waals surface area contributed by atoms with E-state index >= 15 is 0 Å². The van der Waals surface area contributed by atoms with Gasteiger partial charge < -0.3 is 10.2 Å². The maximum Gasteiger partial charge on any atom is 0.188 e. The highest BCUT2D eigenvalue weighted by molar-refractivity contribution is 5.84. The Morgan fingerprint density at radius 2 is 1.56 bits per heavy atom. The fourth-order valence-electron chi connectivity index (χ4n) is 1.58. The van der Waals surface area contributed by atoms with Crippen LogP contribution in [0.4, 0.5) is 8.78 Å². The van der Waals surface area contributed by atoms with Crippen molar-refractivity contribution in [3.05, 3.63) is 34.5 Å². The molecule has 0 spiro atoms. The van der Waals surface area contributed by atoms with Gasteiger partial charge in [0, 0.05) is 12.1 Å². The highest BCUT2D eigenvalue weighted by atomic mass is 19.1. The molecule has 0 saturated carbocycles. The van der Waals surface area contributed by atoms with Crippen molar-refractivity contribution >= 4 is 22.6 Å². The Balaban J connectivity index is 2.54. The summed E-state index contributed by atoms with van der Waals surface area (Å²) in [6.45, 7) is 0. The summed E-state index contributed by atoms with van der Waals surface area (Å²) in [5.41, 5.74) is -0.144. The van der Waals surface area contributed by atoms with Crippen molar-refractivity contribution in [2.45, 2.75) is 0 Å². The number of rotatable bonds is 0. The number of benzene rings is 1. The fourth-order valence-corrected chi connectivity index (χ4v) is 1.58. The van der Waals surface area contributed by atoms with Crippen molar-refractivity contribution in [3.63, 3.8) is 0 Å². The number of fused-ring (bicyclic) bond motifs is 2. The van der Waals surface area contributed by atoms with Crippen LogP contribution >= 0.6 is 0 Å². The monoisotopic (exact) mass is 222 g/mol. The number of hydrogen-bond acceptors (Lipinski definition) is 4. The molecular weight excluding hydrogens is 218 g/mol. The van der Waals surface area contributed by atoms with Gasteiger partial charge in [-0.1, -0.05) is 0 Å². The molecule has 0 saturated heterocycles. The molecule has 2 N–H and O–H groups in total. The average molecular weight is 222 g/mol. The predicted octanol–water partition coefficient (Wildman–Crippen LogP) is 0.254. The molecule has 1 aromatic carbocycles. The summed E-state index contributed by atoms with van der Waals surface area (Å²) < 4.78 is 26.2. The summed E-state index contributed by atoms with van der Waals surface area (Å²) in [4.78, 5) is 7.57. The van der Waals surface area contributed by atoms with Gasteiger partial charge in [0.05, 0.1) is 5.52 Å². The van der Waals surface area contributed by atoms with Crippen LogP contribution in [0.15, 0.2) is 12.1 Å². The zero-order chi connectivity index (χ0) is 11.4. The van der Waals surface area contributed by atoms with E-state index in [1.54, 1.807) is 0 Å². The average Bonchev–Trinajstić information content (AvgIpc) is 2.26. The molecule has 4 nitrogen and oxygen atoms in total. The molecule has 0 aliphatic heterocycles. The van der Waals surface area contributed by atoms with E-state index in [9.17, 15) is 19.0 Å². The highest BCUT2D eigenvalue weighted by Crippen LogP contribution is 2.14. The normalized spacial score (nSPS) is 13.9. The maximum absolute atomic E-state index is 13.3. The van der Waals surface area contributed by atoms with Gasteiger partial charge in [0.15, 0.2) is 17.3 Å².